The minimum atomic E-state index is -0.550. The molecule has 0 aliphatic heterocycles. The van der Waals surface area contributed by atoms with E-state index >= 15 is 0 Å². The first-order valence-corrected chi connectivity index (χ1v) is 4.91. The van der Waals surface area contributed by atoms with Gasteiger partial charge in [-0.05, 0) is 25.5 Å². The molecule has 1 N–H and O–H groups in total. The molecule has 1 rings (SSSR count). The molecule has 14 heavy (non-hydrogen) atoms. The van der Waals surface area contributed by atoms with Crippen LogP contribution in [0.2, 0.25) is 0 Å². The zero-order valence-corrected chi connectivity index (χ0v) is 9.51. The number of rotatable bonds is 3. The summed E-state index contributed by atoms with van der Waals surface area (Å²) < 4.78 is 11.7. The second kappa shape index (κ2) is 6.77. The topological polar surface area (TPSA) is 29.1 Å². The Labute approximate surface area is 117 Å². The Morgan fingerprint density at radius 1 is 1.64 bits per heavy atom. The molecule has 2 nitrogen and oxygen atoms in total. The molecule has 0 saturated heterocycles. The number of aryl methyl sites for hydroxylation is 1. The van der Waals surface area contributed by atoms with Gasteiger partial charge in [-0.25, -0.2) is 0 Å². The molecule has 0 aromatic carbocycles. The van der Waals surface area contributed by atoms with E-state index in [0.29, 0.717) is 6.42 Å². The monoisotopic (exact) mass is 241 g/mol. The molecule has 1 heterocycles. The van der Waals surface area contributed by atoms with E-state index in [9.17, 15) is 9.28 Å². The van der Waals surface area contributed by atoms with Gasteiger partial charge in [0.2, 0.25) is 0 Å². The maximum atomic E-state index is 11.7. The van der Waals surface area contributed by atoms with E-state index in [1.807, 2.05) is 19.1 Å². The molecule has 80 valence electrons. The van der Waals surface area contributed by atoms with E-state index in [1.54, 1.807) is 18.3 Å². The van der Waals surface area contributed by atoms with Crippen molar-refractivity contribution in [2.45, 2.75) is 20.3 Å². The van der Waals surface area contributed by atoms with Crippen LogP contribution in [-0.2, 0) is 11.2 Å². The van der Waals surface area contributed by atoms with Gasteiger partial charge < -0.3 is 0 Å². The Morgan fingerprint density at radius 3 is 2.71 bits per heavy atom. The third kappa shape index (κ3) is 4.26. The average molecular weight is 241 g/mol. The number of carbonyl (C=O) groups is 1. The van der Waals surface area contributed by atoms with Crippen molar-refractivity contribution in [3.05, 3.63) is 21.9 Å². The summed E-state index contributed by atoms with van der Waals surface area (Å²) in [5, 5.41) is 0. The van der Waals surface area contributed by atoms with Gasteiger partial charge in [0.15, 0.2) is 0 Å². The van der Waals surface area contributed by atoms with Crippen LogP contribution in [0.1, 0.15) is 16.7 Å². The first kappa shape index (κ1) is 14.4. The van der Waals surface area contributed by atoms with Gasteiger partial charge in [0.05, 0.1) is 0 Å². The Balaban J connectivity index is 0.00000169. The minimum Gasteiger partial charge on any atom is -0.272 e. The fourth-order valence-corrected chi connectivity index (χ4v) is 2.10. The standard InChI is InChI=1S/C9H12FNOS.Ar/c1-6(9(12)11-10)5-8-4-3-7(2)13-8;/h3-4,6H,5H2,1-2H3,(H,11,12);/t6-;/m0./s1. The van der Waals surface area contributed by atoms with Crippen molar-refractivity contribution in [3.63, 3.8) is 0 Å². The summed E-state index contributed by atoms with van der Waals surface area (Å²) in [4.78, 5) is 13.2. The van der Waals surface area contributed by atoms with E-state index in [-0.39, 0.29) is 43.7 Å². The van der Waals surface area contributed by atoms with Gasteiger partial charge in [0, 0.05) is 53.4 Å². The molecular formula is C9H12ArFNOS. The Morgan fingerprint density at radius 2 is 2.29 bits per heavy atom. The van der Waals surface area contributed by atoms with Gasteiger partial charge in [-0.15, -0.1) is 15.8 Å². The van der Waals surface area contributed by atoms with E-state index in [1.165, 1.54) is 4.88 Å². The van der Waals surface area contributed by atoms with Gasteiger partial charge in [0.1, 0.15) is 0 Å². The van der Waals surface area contributed by atoms with Crippen molar-refractivity contribution in [3.8, 4) is 0 Å². The first-order chi connectivity index (χ1) is 6.13. The second-order valence-corrected chi connectivity index (χ2v) is 4.45. The molecule has 0 saturated carbocycles. The van der Waals surface area contributed by atoms with Crippen LogP contribution in [0.3, 0.4) is 0 Å². The molecule has 0 spiro atoms. The smallest absolute Gasteiger partial charge is 0.250 e. The van der Waals surface area contributed by atoms with Gasteiger partial charge in [0.25, 0.3) is 5.91 Å². The fraction of sp³-hybridized carbons (Fsp3) is 0.444. The molecule has 1 amide bonds. The molecule has 0 aliphatic rings. The van der Waals surface area contributed by atoms with Crippen molar-refractivity contribution in [2.24, 2.45) is 5.92 Å². The van der Waals surface area contributed by atoms with Crippen LogP contribution in [0.5, 0.6) is 0 Å². The van der Waals surface area contributed by atoms with E-state index in [0.717, 1.165) is 10.4 Å². The molecule has 1 aromatic rings. The second-order valence-electron chi connectivity index (χ2n) is 3.08. The van der Waals surface area contributed by atoms with Crippen LogP contribution in [0.15, 0.2) is 12.1 Å². The van der Waals surface area contributed by atoms with Crippen molar-refractivity contribution < 1.29 is 47.0 Å². The van der Waals surface area contributed by atoms with Gasteiger partial charge in [-0.1, -0.05) is 6.92 Å². The molecule has 0 unspecified atom stereocenters. The predicted octanol–water partition coefficient (Wildman–Crippen LogP) is 2.24. The molecule has 0 bridgehead atoms. The van der Waals surface area contributed by atoms with Crippen molar-refractivity contribution >= 4 is 17.2 Å². The summed E-state index contributed by atoms with van der Waals surface area (Å²) in [6, 6.07) is 3.97. The van der Waals surface area contributed by atoms with Crippen LogP contribution in [0.25, 0.3) is 0 Å². The zero-order chi connectivity index (χ0) is 9.84. The van der Waals surface area contributed by atoms with Crippen LogP contribution in [-0.4, -0.2) is 5.91 Å². The number of carbonyl (C=O) groups excluding carboxylic acids is 1. The van der Waals surface area contributed by atoms with Crippen LogP contribution < -0.4 is 5.54 Å². The molecular weight excluding hydrogens is 229 g/mol. The average Bonchev–Trinajstić information content (AvgIpc) is 2.49. The van der Waals surface area contributed by atoms with E-state index < -0.39 is 5.91 Å². The quantitative estimate of drug-likeness (QED) is 0.808. The number of amides is 1. The van der Waals surface area contributed by atoms with Crippen molar-refractivity contribution in [1.82, 2.24) is 5.54 Å². The van der Waals surface area contributed by atoms with E-state index in [4.69, 9.17) is 0 Å². The summed E-state index contributed by atoms with van der Waals surface area (Å²) in [5.41, 5.74) is 1.16. The number of hydrogen-bond acceptors (Lipinski definition) is 2. The number of thiophene rings is 1. The zero-order valence-electron chi connectivity index (χ0n) is 7.99. The summed E-state index contributed by atoms with van der Waals surface area (Å²) in [6.45, 7) is 3.72. The maximum absolute atomic E-state index is 11.7. The molecule has 1 aromatic heterocycles. The third-order valence-corrected chi connectivity index (χ3v) is 2.87. The fourth-order valence-electron chi connectivity index (χ4n) is 1.08. The normalized spacial score (nSPS) is 11.6. The van der Waals surface area contributed by atoms with Gasteiger partial charge >= 0.3 is 0 Å². The maximum Gasteiger partial charge on any atom is 0.250 e. The third-order valence-electron chi connectivity index (χ3n) is 1.84. The van der Waals surface area contributed by atoms with Gasteiger partial charge in [-0.2, -0.15) is 5.54 Å². The van der Waals surface area contributed by atoms with Crippen LogP contribution >= 0.6 is 11.3 Å². The Hall–Kier alpha value is 0.360. The summed E-state index contributed by atoms with van der Waals surface area (Å²) in [6.07, 6.45) is 0.605. The number of nitrogens with one attached hydrogen (secondary N) is 1. The summed E-state index contributed by atoms with van der Waals surface area (Å²) in [7, 11) is 0. The summed E-state index contributed by atoms with van der Waals surface area (Å²) in [5.74, 6) is -0.853. The molecule has 0 aliphatic carbocycles. The molecule has 5 heteroatoms. The van der Waals surface area contributed by atoms with Crippen molar-refractivity contribution in [1.29, 1.82) is 0 Å². The van der Waals surface area contributed by atoms with Gasteiger partial charge in [-0.3, -0.25) is 4.79 Å². The van der Waals surface area contributed by atoms with Crippen LogP contribution in [0.4, 0.5) is 4.48 Å². The van der Waals surface area contributed by atoms with Crippen molar-refractivity contribution in [2.75, 3.05) is 0 Å². The molecule has 0 radical (unpaired) electrons. The largest absolute Gasteiger partial charge is 0.272 e. The Kier molecular flexibility index (Phi) is 6.95. The van der Waals surface area contributed by atoms with Crippen LogP contribution in [0, 0.1) is 50.6 Å². The Bertz CT molecular complexity index is 303. The molecule has 0 fully saturated rings. The first-order valence-electron chi connectivity index (χ1n) is 4.09. The summed E-state index contributed by atoms with van der Waals surface area (Å²) >= 11 is 1.64. The minimum absolute atomic E-state index is 0. The SMILES string of the molecule is Cc1ccc(C[C@H](C)C(=O)NF)s1.[Ar]. The van der Waals surface area contributed by atoms with E-state index in [2.05, 4.69) is 0 Å². The molecule has 1 atom stereocenters. The number of hydrogen-bond donors (Lipinski definition) is 1. The number of halogens is 1. The predicted molar refractivity (Wildman–Crippen MR) is 51.2 cm³/mol.